The molecule has 2 atom stereocenters. The van der Waals surface area contributed by atoms with Gasteiger partial charge in [0, 0.05) is 17.0 Å². The third-order valence-electron chi connectivity index (χ3n) is 2.81. The molecule has 0 amide bonds. The van der Waals surface area contributed by atoms with Crippen molar-refractivity contribution >= 4 is 11.8 Å². The summed E-state index contributed by atoms with van der Waals surface area (Å²) in [7, 11) is 0. The summed E-state index contributed by atoms with van der Waals surface area (Å²) in [5, 5.41) is 0.678. The summed E-state index contributed by atoms with van der Waals surface area (Å²) in [6.45, 7) is 4.40. The van der Waals surface area contributed by atoms with Gasteiger partial charge in [0.1, 0.15) is 0 Å². The Hall–Kier alpha value is -0.470. The molecule has 2 N–H and O–H groups in total. The first-order chi connectivity index (χ1) is 6.66. The zero-order valence-corrected chi connectivity index (χ0v) is 9.60. The summed E-state index contributed by atoms with van der Waals surface area (Å²) in [6.07, 6.45) is 1.10. The average Bonchev–Trinajstić information content (AvgIpc) is 2.27. The molecule has 0 bridgehead atoms. The summed E-state index contributed by atoms with van der Waals surface area (Å²) < 4.78 is 0. The summed E-state index contributed by atoms with van der Waals surface area (Å²) in [6, 6.07) is 6.89. The van der Waals surface area contributed by atoms with Gasteiger partial charge in [-0.2, -0.15) is 11.8 Å². The molecule has 2 rings (SSSR count). The van der Waals surface area contributed by atoms with Gasteiger partial charge in [-0.25, -0.2) is 0 Å². The molecule has 1 aliphatic rings. The first-order valence-electron chi connectivity index (χ1n) is 5.13. The quantitative estimate of drug-likeness (QED) is 0.707. The highest BCUT2D eigenvalue weighted by molar-refractivity contribution is 7.99. The molecule has 1 heterocycles. The zero-order valence-electron chi connectivity index (χ0n) is 8.79. The molecule has 0 saturated carbocycles. The fourth-order valence-corrected chi connectivity index (χ4v) is 3.05. The third kappa shape index (κ3) is 1.96. The Morgan fingerprint density at radius 2 is 2.21 bits per heavy atom. The van der Waals surface area contributed by atoms with Crippen molar-refractivity contribution < 1.29 is 0 Å². The van der Waals surface area contributed by atoms with Crippen molar-refractivity contribution in [2.45, 2.75) is 37.3 Å². The van der Waals surface area contributed by atoms with Crippen LogP contribution in [0.2, 0.25) is 0 Å². The molecule has 1 aromatic rings. The molecule has 0 radical (unpaired) electrons. The van der Waals surface area contributed by atoms with E-state index in [1.807, 2.05) is 11.8 Å². The second kappa shape index (κ2) is 3.95. The van der Waals surface area contributed by atoms with E-state index in [1.54, 1.807) is 0 Å². The van der Waals surface area contributed by atoms with Crippen LogP contribution in [0.5, 0.6) is 0 Å². The van der Waals surface area contributed by atoms with Crippen LogP contribution in [0.15, 0.2) is 18.2 Å². The molecule has 1 aliphatic heterocycles. The molecule has 0 aliphatic carbocycles. The van der Waals surface area contributed by atoms with Gasteiger partial charge < -0.3 is 5.73 Å². The maximum absolute atomic E-state index is 6.19. The Bertz CT molecular complexity index is 335. The minimum absolute atomic E-state index is 0.231. The van der Waals surface area contributed by atoms with Gasteiger partial charge in [-0.15, -0.1) is 0 Å². The molecular formula is C12H17NS. The van der Waals surface area contributed by atoms with Crippen LogP contribution in [0.1, 0.15) is 36.1 Å². The fraction of sp³-hybridized carbons (Fsp3) is 0.500. The summed E-state index contributed by atoms with van der Waals surface area (Å²) >= 11 is 2.01. The van der Waals surface area contributed by atoms with E-state index in [0.717, 1.165) is 12.2 Å². The molecule has 0 spiro atoms. The minimum Gasteiger partial charge on any atom is -0.324 e. The van der Waals surface area contributed by atoms with E-state index in [2.05, 4.69) is 32.0 Å². The molecule has 0 saturated heterocycles. The number of nitrogens with two attached hydrogens (primary N) is 1. The van der Waals surface area contributed by atoms with Crippen LogP contribution in [0.3, 0.4) is 0 Å². The van der Waals surface area contributed by atoms with Crippen molar-refractivity contribution in [3.05, 3.63) is 34.9 Å². The molecule has 76 valence electrons. The van der Waals surface area contributed by atoms with Crippen LogP contribution in [0.25, 0.3) is 0 Å². The topological polar surface area (TPSA) is 26.0 Å². The van der Waals surface area contributed by atoms with Gasteiger partial charge in [0.15, 0.2) is 0 Å². The summed E-state index contributed by atoms with van der Waals surface area (Å²) in [4.78, 5) is 0. The lowest BCUT2D eigenvalue weighted by atomic mass is 9.97. The van der Waals surface area contributed by atoms with E-state index in [4.69, 9.17) is 5.73 Å². The van der Waals surface area contributed by atoms with Crippen LogP contribution in [-0.4, -0.2) is 5.25 Å². The van der Waals surface area contributed by atoms with Crippen molar-refractivity contribution in [1.29, 1.82) is 0 Å². The van der Waals surface area contributed by atoms with E-state index in [1.165, 1.54) is 16.7 Å². The minimum atomic E-state index is 0.231. The van der Waals surface area contributed by atoms with Crippen LogP contribution >= 0.6 is 11.8 Å². The molecule has 0 fully saturated rings. The number of hydrogen-bond acceptors (Lipinski definition) is 2. The fourth-order valence-electron chi connectivity index (χ4n) is 1.98. The molecule has 1 unspecified atom stereocenters. The highest BCUT2D eigenvalue weighted by atomic mass is 32.2. The first-order valence-corrected chi connectivity index (χ1v) is 6.18. The van der Waals surface area contributed by atoms with E-state index in [0.29, 0.717) is 5.25 Å². The highest BCUT2D eigenvalue weighted by Crippen LogP contribution is 2.33. The number of rotatable bonds is 0. The van der Waals surface area contributed by atoms with E-state index in [-0.39, 0.29) is 6.04 Å². The monoisotopic (exact) mass is 207 g/mol. The first kappa shape index (κ1) is 10.1. The molecule has 0 aromatic heterocycles. The number of hydrogen-bond donors (Lipinski definition) is 1. The lowest BCUT2D eigenvalue weighted by Crippen LogP contribution is -2.14. The standard InChI is InChI=1S/C12H17NS/c1-8-3-4-10-7-14-9(2)6-12(13)11(10)5-8/h3-5,9,12H,6-7,13H2,1-2H3/t9?,12-/m0/s1. The Labute approximate surface area is 90.1 Å². The van der Waals surface area contributed by atoms with E-state index < -0.39 is 0 Å². The van der Waals surface area contributed by atoms with Crippen molar-refractivity contribution in [3.63, 3.8) is 0 Å². The van der Waals surface area contributed by atoms with Crippen LogP contribution in [0, 0.1) is 6.92 Å². The van der Waals surface area contributed by atoms with E-state index >= 15 is 0 Å². The van der Waals surface area contributed by atoms with Crippen molar-refractivity contribution in [1.82, 2.24) is 0 Å². The van der Waals surface area contributed by atoms with Gasteiger partial charge in [-0.1, -0.05) is 30.7 Å². The molecule has 2 heteroatoms. The maximum Gasteiger partial charge on any atom is 0.0308 e. The van der Waals surface area contributed by atoms with Crippen LogP contribution in [0.4, 0.5) is 0 Å². The normalized spacial score (nSPS) is 26.8. The van der Waals surface area contributed by atoms with E-state index in [9.17, 15) is 0 Å². The lowest BCUT2D eigenvalue weighted by Gasteiger charge is -2.14. The van der Waals surface area contributed by atoms with Crippen molar-refractivity contribution in [2.75, 3.05) is 0 Å². The third-order valence-corrected chi connectivity index (χ3v) is 4.05. The van der Waals surface area contributed by atoms with Gasteiger partial charge in [-0.05, 0) is 24.5 Å². The zero-order chi connectivity index (χ0) is 10.1. The van der Waals surface area contributed by atoms with Crippen molar-refractivity contribution in [3.8, 4) is 0 Å². The molecule has 14 heavy (non-hydrogen) atoms. The largest absolute Gasteiger partial charge is 0.324 e. The van der Waals surface area contributed by atoms with Gasteiger partial charge in [-0.3, -0.25) is 0 Å². The Morgan fingerprint density at radius 3 is 3.00 bits per heavy atom. The lowest BCUT2D eigenvalue weighted by molar-refractivity contribution is 0.650. The second-order valence-electron chi connectivity index (χ2n) is 4.17. The van der Waals surface area contributed by atoms with Gasteiger partial charge in [0.2, 0.25) is 0 Å². The smallest absolute Gasteiger partial charge is 0.0308 e. The molecular weight excluding hydrogens is 190 g/mol. The van der Waals surface area contributed by atoms with Gasteiger partial charge in [0.05, 0.1) is 0 Å². The van der Waals surface area contributed by atoms with Gasteiger partial charge in [0.25, 0.3) is 0 Å². The number of aryl methyl sites for hydroxylation is 1. The average molecular weight is 207 g/mol. The van der Waals surface area contributed by atoms with Crippen molar-refractivity contribution in [2.24, 2.45) is 5.73 Å². The molecule has 1 nitrogen and oxygen atoms in total. The number of thioether (sulfide) groups is 1. The Kier molecular flexibility index (Phi) is 2.84. The van der Waals surface area contributed by atoms with Crippen LogP contribution < -0.4 is 5.73 Å². The maximum atomic E-state index is 6.19. The number of benzene rings is 1. The number of fused-ring (bicyclic) bond motifs is 1. The second-order valence-corrected chi connectivity index (χ2v) is 5.59. The Morgan fingerprint density at radius 1 is 1.43 bits per heavy atom. The summed E-state index contributed by atoms with van der Waals surface area (Å²) in [5.74, 6) is 1.12. The predicted molar refractivity (Wildman–Crippen MR) is 63.5 cm³/mol. The van der Waals surface area contributed by atoms with Gasteiger partial charge >= 0.3 is 0 Å². The predicted octanol–water partition coefficient (Wildman–Crippen LogP) is 3.02. The summed E-state index contributed by atoms with van der Waals surface area (Å²) in [5.41, 5.74) is 10.3. The SMILES string of the molecule is Cc1ccc2c(c1)[C@@H](N)CC(C)SC2. The molecule has 1 aromatic carbocycles. The van der Waals surface area contributed by atoms with Crippen LogP contribution in [-0.2, 0) is 5.75 Å². The highest BCUT2D eigenvalue weighted by Gasteiger charge is 2.19. The Balaban J connectivity index is 2.39.